The van der Waals surface area contributed by atoms with Crippen LogP contribution in [0, 0.1) is 0 Å². The molecule has 1 aromatic carbocycles. The second-order valence-corrected chi connectivity index (χ2v) is 6.11. The molecule has 6 heteroatoms. The summed E-state index contributed by atoms with van der Waals surface area (Å²) in [7, 11) is 0. The van der Waals surface area contributed by atoms with Gasteiger partial charge in [0.15, 0.2) is 0 Å². The van der Waals surface area contributed by atoms with Crippen molar-refractivity contribution in [2.24, 2.45) is 0 Å². The Hall–Kier alpha value is -2.37. The van der Waals surface area contributed by atoms with E-state index in [0.717, 1.165) is 12.0 Å². The molecule has 0 radical (unpaired) electrons. The van der Waals surface area contributed by atoms with Crippen molar-refractivity contribution in [2.75, 3.05) is 19.7 Å². The third-order valence-corrected chi connectivity index (χ3v) is 4.24. The van der Waals surface area contributed by atoms with Gasteiger partial charge in [0.2, 0.25) is 11.8 Å². The summed E-state index contributed by atoms with van der Waals surface area (Å²) in [5.74, 6) is -0.407. The Morgan fingerprint density at radius 2 is 2.00 bits per heavy atom. The van der Waals surface area contributed by atoms with E-state index in [-0.39, 0.29) is 24.2 Å². The number of esters is 1. The molecule has 1 aliphatic heterocycles. The molecule has 0 aromatic heterocycles. The SMILES string of the molecule is CCOC(=O)CCCNC(=O)C1CCCN1C(=O)Cc1ccccc1. The summed E-state index contributed by atoms with van der Waals surface area (Å²) < 4.78 is 4.85. The Bertz CT molecular complexity index is 588. The minimum absolute atomic E-state index is 0.0182. The molecule has 2 rings (SSSR count). The van der Waals surface area contributed by atoms with Crippen LogP contribution in [-0.2, 0) is 25.5 Å². The molecular weight excluding hydrogens is 320 g/mol. The minimum atomic E-state index is -0.404. The van der Waals surface area contributed by atoms with Crippen molar-refractivity contribution < 1.29 is 19.1 Å². The highest BCUT2D eigenvalue weighted by molar-refractivity contribution is 5.89. The molecule has 0 bridgehead atoms. The van der Waals surface area contributed by atoms with E-state index < -0.39 is 6.04 Å². The first kappa shape index (κ1) is 19.0. The standard InChI is InChI=1S/C19H26N2O4/c1-2-25-18(23)11-6-12-20-19(24)16-10-7-13-21(16)17(22)14-15-8-4-3-5-9-15/h3-5,8-9,16H,2,6-7,10-14H2,1H3,(H,20,24). The van der Waals surface area contributed by atoms with Crippen molar-refractivity contribution in [3.05, 3.63) is 35.9 Å². The van der Waals surface area contributed by atoms with Crippen LogP contribution in [0.4, 0.5) is 0 Å². The average Bonchev–Trinajstić information content (AvgIpc) is 3.09. The van der Waals surface area contributed by atoms with E-state index in [9.17, 15) is 14.4 Å². The van der Waals surface area contributed by atoms with Crippen LogP contribution in [0.5, 0.6) is 0 Å². The van der Waals surface area contributed by atoms with Gasteiger partial charge in [0.1, 0.15) is 6.04 Å². The van der Waals surface area contributed by atoms with Gasteiger partial charge in [-0.2, -0.15) is 0 Å². The number of likely N-dealkylation sites (tertiary alicyclic amines) is 1. The molecule has 1 fully saturated rings. The van der Waals surface area contributed by atoms with Crippen LogP contribution in [-0.4, -0.2) is 48.4 Å². The number of nitrogens with one attached hydrogen (secondary N) is 1. The maximum absolute atomic E-state index is 12.5. The number of ether oxygens (including phenoxy) is 1. The van der Waals surface area contributed by atoms with Gasteiger partial charge in [0.05, 0.1) is 13.0 Å². The molecule has 1 aliphatic rings. The fourth-order valence-corrected chi connectivity index (χ4v) is 3.01. The van der Waals surface area contributed by atoms with Crippen LogP contribution in [0.1, 0.15) is 38.2 Å². The Labute approximate surface area is 148 Å². The Morgan fingerprint density at radius 3 is 2.72 bits per heavy atom. The molecule has 0 spiro atoms. The average molecular weight is 346 g/mol. The van der Waals surface area contributed by atoms with Crippen molar-refractivity contribution in [2.45, 2.75) is 45.1 Å². The van der Waals surface area contributed by atoms with Crippen LogP contribution in [0.3, 0.4) is 0 Å². The summed E-state index contributed by atoms with van der Waals surface area (Å²) in [5, 5.41) is 2.83. The summed E-state index contributed by atoms with van der Waals surface area (Å²) in [6, 6.07) is 9.15. The molecule has 0 saturated carbocycles. The normalized spacial score (nSPS) is 16.5. The lowest BCUT2D eigenvalue weighted by Crippen LogP contribution is -2.46. The second-order valence-electron chi connectivity index (χ2n) is 6.11. The summed E-state index contributed by atoms with van der Waals surface area (Å²) in [6.07, 6.45) is 2.66. The first-order valence-electron chi connectivity index (χ1n) is 8.88. The molecule has 1 unspecified atom stereocenters. The van der Waals surface area contributed by atoms with E-state index in [0.29, 0.717) is 39.0 Å². The smallest absolute Gasteiger partial charge is 0.305 e. The van der Waals surface area contributed by atoms with Crippen molar-refractivity contribution in [1.29, 1.82) is 0 Å². The molecule has 1 atom stereocenters. The third-order valence-electron chi connectivity index (χ3n) is 4.24. The number of nitrogens with zero attached hydrogens (tertiary/aromatic N) is 1. The van der Waals surface area contributed by atoms with E-state index in [1.807, 2.05) is 30.3 Å². The largest absolute Gasteiger partial charge is 0.466 e. The summed E-state index contributed by atoms with van der Waals surface area (Å²) >= 11 is 0. The molecule has 1 saturated heterocycles. The zero-order valence-corrected chi connectivity index (χ0v) is 14.7. The maximum atomic E-state index is 12.5. The fraction of sp³-hybridized carbons (Fsp3) is 0.526. The van der Waals surface area contributed by atoms with Crippen LogP contribution in [0.25, 0.3) is 0 Å². The van der Waals surface area contributed by atoms with Gasteiger partial charge in [-0.25, -0.2) is 0 Å². The van der Waals surface area contributed by atoms with Crippen LogP contribution >= 0.6 is 0 Å². The van der Waals surface area contributed by atoms with Crippen LogP contribution in [0.2, 0.25) is 0 Å². The van der Waals surface area contributed by atoms with Crippen LogP contribution in [0.15, 0.2) is 30.3 Å². The monoisotopic (exact) mass is 346 g/mol. The molecule has 1 aromatic rings. The van der Waals surface area contributed by atoms with E-state index in [1.54, 1.807) is 11.8 Å². The summed E-state index contributed by atoms with van der Waals surface area (Å²) in [4.78, 5) is 37.8. The van der Waals surface area contributed by atoms with E-state index in [4.69, 9.17) is 4.74 Å². The van der Waals surface area contributed by atoms with Gasteiger partial charge in [-0.15, -0.1) is 0 Å². The van der Waals surface area contributed by atoms with Gasteiger partial charge < -0.3 is 15.0 Å². The van der Waals surface area contributed by atoms with Gasteiger partial charge >= 0.3 is 5.97 Å². The highest BCUT2D eigenvalue weighted by Gasteiger charge is 2.33. The second kappa shape index (κ2) is 9.81. The van der Waals surface area contributed by atoms with Crippen molar-refractivity contribution in [3.63, 3.8) is 0 Å². The number of amides is 2. The highest BCUT2D eigenvalue weighted by Crippen LogP contribution is 2.19. The number of hydrogen-bond donors (Lipinski definition) is 1. The van der Waals surface area contributed by atoms with Crippen molar-refractivity contribution in [1.82, 2.24) is 10.2 Å². The molecule has 2 amide bonds. The molecular formula is C19H26N2O4. The van der Waals surface area contributed by atoms with Crippen molar-refractivity contribution in [3.8, 4) is 0 Å². The number of rotatable bonds is 8. The number of carbonyl (C=O) groups excluding carboxylic acids is 3. The third kappa shape index (κ3) is 5.89. The number of benzene rings is 1. The van der Waals surface area contributed by atoms with Crippen molar-refractivity contribution >= 4 is 17.8 Å². The lowest BCUT2D eigenvalue weighted by Gasteiger charge is -2.24. The molecule has 136 valence electrons. The lowest BCUT2D eigenvalue weighted by molar-refractivity contribution is -0.143. The van der Waals surface area contributed by atoms with Gasteiger partial charge in [-0.3, -0.25) is 14.4 Å². The first-order valence-corrected chi connectivity index (χ1v) is 8.88. The molecule has 1 heterocycles. The van der Waals surface area contributed by atoms with Gasteiger partial charge in [-0.05, 0) is 31.7 Å². The first-order chi connectivity index (χ1) is 12.1. The van der Waals surface area contributed by atoms with Gasteiger partial charge in [0.25, 0.3) is 0 Å². The number of carbonyl (C=O) groups is 3. The van der Waals surface area contributed by atoms with Gasteiger partial charge in [-0.1, -0.05) is 30.3 Å². The Kier molecular flexibility index (Phi) is 7.44. The summed E-state index contributed by atoms with van der Waals surface area (Å²) in [5.41, 5.74) is 0.952. The highest BCUT2D eigenvalue weighted by atomic mass is 16.5. The molecule has 0 aliphatic carbocycles. The maximum Gasteiger partial charge on any atom is 0.305 e. The zero-order chi connectivity index (χ0) is 18.1. The quantitative estimate of drug-likeness (QED) is 0.574. The predicted octanol–water partition coefficient (Wildman–Crippen LogP) is 1.68. The lowest BCUT2D eigenvalue weighted by atomic mass is 10.1. The Morgan fingerprint density at radius 1 is 1.24 bits per heavy atom. The minimum Gasteiger partial charge on any atom is -0.466 e. The Balaban J connectivity index is 1.78. The molecule has 1 N–H and O–H groups in total. The zero-order valence-electron chi connectivity index (χ0n) is 14.7. The predicted molar refractivity (Wildman–Crippen MR) is 93.8 cm³/mol. The topological polar surface area (TPSA) is 75.7 Å². The van der Waals surface area contributed by atoms with E-state index in [2.05, 4.69) is 5.32 Å². The van der Waals surface area contributed by atoms with E-state index >= 15 is 0 Å². The molecule has 6 nitrogen and oxygen atoms in total. The number of hydrogen-bond acceptors (Lipinski definition) is 4. The molecule has 25 heavy (non-hydrogen) atoms. The fourth-order valence-electron chi connectivity index (χ4n) is 3.01. The summed E-state index contributed by atoms with van der Waals surface area (Å²) in [6.45, 7) is 3.16. The van der Waals surface area contributed by atoms with E-state index in [1.165, 1.54) is 0 Å². The van der Waals surface area contributed by atoms with Gasteiger partial charge in [0, 0.05) is 19.5 Å². The van der Waals surface area contributed by atoms with Crippen LogP contribution < -0.4 is 5.32 Å².